The van der Waals surface area contributed by atoms with Gasteiger partial charge in [-0.15, -0.1) is 0 Å². The number of para-hydroxylation sites is 1. The van der Waals surface area contributed by atoms with Crippen LogP contribution in [0.15, 0.2) is 72.9 Å². The molecule has 3 rings (SSSR count). The fourth-order valence-corrected chi connectivity index (χ4v) is 2.47. The second-order valence-electron chi connectivity index (χ2n) is 5.26. The Bertz CT molecular complexity index is 862. The molecule has 1 aromatic heterocycles. The van der Waals surface area contributed by atoms with Gasteiger partial charge in [0.25, 0.3) is 0 Å². The number of methoxy groups -OCH3 is 1. The molecule has 0 atom stereocenters. The maximum Gasteiger partial charge on any atom is 0.189 e. The molecule has 0 amide bonds. The molecule has 4 heteroatoms. The Labute approximate surface area is 141 Å². The van der Waals surface area contributed by atoms with Crippen LogP contribution in [-0.4, -0.2) is 22.7 Å². The normalized spacial score (nSPS) is 10.9. The lowest BCUT2D eigenvalue weighted by molar-refractivity contribution is 0.104. The summed E-state index contributed by atoms with van der Waals surface area (Å²) in [5.74, 6) is 0.702. The molecule has 0 radical (unpaired) electrons. The van der Waals surface area contributed by atoms with E-state index in [1.54, 1.807) is 30.1 Å². The number of carbonyl (C=O) groups excluding carboxylic acids is 1. The second kappa shape index (κ2) is 6.96. The van der Waals surface area contributed by atoms with E-state index >= 15 is 0 Å². The van der Waals surface area contributed by atoms with Crippen LogP contribution in [0.3, 0.4) is 0 Å². The van der Waals surface area contributed by atoms with Crippen molar-refractivity contribution in [2.45, 2.75) is 6.92 Å². The smallest absolute Gasteiger partial charge is 0.189 e. The molecule has 120 valence electrons. The molecule has 0 unspecified atom stereocenters. The number of aromatic nitrogens is 2. The maximum absolute atomic E-state index is 12.4. The van der Waals surface area contributed by atoms with Crippen LogP contribution in [0.1, 0.15) is 17.3 Å². The van der Waals surface area contributed by atoms with Gasteiger partial charge in [0, 0.05) is 11.8 Å². The van der Waals surface area contributed by atoms with Crippen LogP contribution in [0.25, 0.3) is 16.9 Å². The first-order chi connectivity index (χ1) is 11.7. The molecule has 0 spiro atoms. The van der Waals surface area contributed by atoms with Gasteiger partial charge in [-0.2, -0.15) is 5.10 Å². The highest BCUT2D eigenvalue weighted by Crippen LogP contribution is 2.26. The van der Waals surface area contributed by atoms with Crippen LogP contribution >= 0.6 is 0 Å². The number of hydrogen-bond donors (Lipinski definition) is 0. The third-order valence-corrected chi connectivity index (χ3v) is 3.68. The van der Waals surface area contributed by atoms with Crippen LogP contribution in [-0.2, 0) is 0 Å². The van der Waals surface area contributed by atoms with E-state index in [1.807, 2.05) is 61.5 Å². The SMILES string of the molecule is C/C=C/C(=O)c1cn(-c2ccccc2)nc1-c1ccc(OC)cc1. The number of hydrogen-bond acceptors (Lipinski definition) is 3. The second-order valence-corrected chi connectivity index (χ2v) is 5.26. The van der Waals surface area contributed by atoms with Gasteiger partial charge in [0.2, 0.25) is 0 Å². The Morgan fingerprint density at radius 1 is 1.08 bits per heavy atom. The molecule has 0 saturated carbocycles. The van der Waals surface area contributed by atoms with Gasteiger partial charge in [0.05, 0.1) is 18.4 Å². The molecule has 24 heavy (non-hydrogen) atoms. The number of nitrogens with zero attached hydrogens (tertiary/aromatic N) is 2. The molecule has 0 saturated heterocycles. The standard InChI is InChI=1S/C20H18N2O2/c1-3-7-19(23)18-14-22(16-8-5-4-6-9-16)21-20(18)15-10-12-17(24-2)13-11-15/h3-14H,1-2H3/b7-3+. The van der Waals surface area contributed by atoms with Crippen molar-refractivity contribution in [1.29, 1.82) is 0 Å². The number of ether oxygens (including phenoxy) is 1. The average molecular weight is 318 g/mol. The minimum atomic E-state index is -0.0644. The lowest BCUT2D eigenvalue weighted by Gasteiger charge is -2.03. The Balaban J connectivity index is 2.11. The number of allylic oxidation sites excluding steroid dienone is 2. The Hall–Kier alpha value is -3.14. The highest BCUT2D eigenvalue weighted by atomic mass is 16.5. The molecule has 4 nitrogen and oxygen atoms in total. The van der Waals surface area contributed by atoms with Crippen molar-refractivity contribution in [2.75, 3.05) is 7.11 Å². The van der Waals surface area contributed by atoms with Crippen molar-refractivity contribution in [2.24, 2.45) is 0 Å². The monoisotopic (exact) mass is 318 g/mol. The summed E-state index contributed by atoms with van der Waals surface area (Å²) in [7, 11) is 1.63. The van der Waals surface area contributed by atoms with Gasteiger partial charge in [0.1, 0.15) is 11.4 Å². The van der Waals surface area contributed by atoms with Gasteiger partial charge < -0.3 is 4.74 Å². The van der Waals surface area contributed by atoms with Crippen molar-refractivity contribution in [3.63, 3.8) is 0 Å². The molecule has 0 bridgehead atoms. The predicted octanol–water partition coefficient (Wildman–Crippen LogP) is 4.31. The zero-order chi connectivity index (χ0) is 16.9. The lowest BCUT2D eigenvalue weighted by atomic mass is 10.0. The van der Waals surface area contributed by atoms with Crippen LogP contribution in [0.5, 0.6) is 5.75 Å². The van der Waals surface area contributed by atoms with Crippen LogP contribution in [0.4, 0.5) is 0 Å². The van der Waals surface area contributed by atoms with Gasteiger partial charge in [0.15, 0.2) is 5.78 Å². The van der Waals surface area contributed by atoms with Crippen molar-refractivity contribution in [3.05, 3.63) is 78.5 Å². The van der Waals surface area contributed by atoms with Crippen molar-refractivity contribution < 1.29 is 9.53 Å². The summed E-state index contributed by atoms with van der Waals surface area (Å²) in [6.07, 6.45) is 5.07. The molecule has 0 fully saturated rings. The quantitative estimate of drug-likeness (QED) is 0.520. The largest absolute Gasteiger partial charge is 0.497 e. The molecular weight excluding hydrogens is 300 g/mol. The third-order valence-electron chi connectivity index (χ3n) is 3.68. The molecule has 3 aromatic rings. The van der Waals surface area contributed by atoms with E-state index in [0.717, 1.165) is 17.0 Å². The van der Waals surface area contributed by atoms with Crippen molar-refractivity contribution >= 4 is 5.78 Å². The predicted molar refractivity (Wildman–Crippen MR) is 94.7 cm³/mol. The van der Waals surface area contributed by atoms with Crippen molar-refractivity contribution in [1.82, 2.24) is 9.78 Å². The van der Waals surface area contributed by atoms with E-state index in [0.29, 0.717) is 11.3 Å². The van der Waals surface area contributed by atoms with E-state index in [-0.39, 0.29) is 5.78 Å². The fourth-order valence-electron chi connectivity index (χ4n) is 2.47. The third kappa shape index (κ3) is 3.13. The van der Waals surface area contributed by atoms with Crippen molar-refractivity contribution in [3.8, 4) is 22.7 Å². The van der Waals surface area contributed by atoms with Gasteiger partial charge in [-0.25, -0.2) is 4.68 Å². The zero-order valence-corrected chi connectivity index (χ0v) is 13.6. The molecule has 0 N–H and O–H groups in total. The summed E-state index contributed by atoms with van der Waals surface area (Å²) in [6, 6.07) is 17.3. The van der Waals surface area contributed by atoms with Gasteiger partial charge in [-0.05, 0) is 49.4 Å². The topological polar surface area (TPSA) is 44.1 Å². The van der Waals surface area contributed by atoms with Crippen LogP contribution in [0, 0.1) is 0 Å². The highest BCUT2D eigenvalue weighted by Gasteiger charge is 2.16. The fraction of sp³-hybridized carbons (Fsp3) is 0.100. The summed E-state index contributed by atoms with van der Waals surface area (Å²) in [4.78, 5) is 12.4. The van der Waals surface area contributed by atoms with E-state index < -0.39 is 0 Å². The van der Waals surface area contributed by atoms with Gasteiger partial charge in [-0.1, -0.05) is 24.3 Å². The number of benzene rings is 2. The average Bonchev–Trinajstić information content (AvgIpc) is 3.08. The van der Waals surface area contributed by atoms with Crippen LogP contribution in [0.2, 0.25) is 0 Å². The van der Waals surface area contributed by atoms with E-state index in [1.165, 1.54) is 0 Å². The summed E-state index contributed by atoms with van der Waals surface area (Å²) in [6.45, 7) is 1.83. The molecule has 1 heterocycles. The molecule has 0 aliphatic rings. The molecule has 2 aromatic carbocycles. The van der Waals surface area contributed by atoms with Gasteiger partial charge in [-0.3, -0.25) is 4.79 Å². The van der Waals surface area contributed by atoms with Crippen LogP contribution < -0.4 is 4.74 Å². The maximum atomic E-state index is 12.4. The summed E-state index contributed by atoms with van der Waals surface area (Å²) >= 11 is 0. The Kier molecular flexibility index (Phi) is 4.57. The number of carbonyl (C=O) groups is 1. The molecule has 0 aliphatic carbocycles. The van der Waals surface area contributed by atoms with E-state index in [9.17, 15) is 4.79 Å². The van der Waals surface area contributed by atoms with E-state index in [2.05, 4.69) is 5.10 Å². The summed E-state index contributed by atoms with van der Waals surface area (Å²) < 4.78 is 6.92. The Morgan fingerprint density at radius 2 is 1.79 bits per heavy atom. The lowest BCUT2D eigenvalue weighted by Crippen LogP contribution is -1.95. The minimum absolute atomic E-state index is 0.0644. The molecular formula is C20H18N2O2. The molecule has 0 aliphatic heterocycles. The minimum Gasteiger partial charge on any atom is -0.497 e. The number of ketones is 1. The summed E-state index contributed by atoms with van der Waals surface area (Å²) in [5, 5.41) is 4.63. The summed E-state index contributed by atoms with van der Waals surface area (Å²) in [5.41, 5.74) is 3.01. The first-order valence-electron chi connectivity index (χ1n) is 7.69. The first kappa shape index (κ1) is 15.7. The van der Waals surface area contributed by atoms with Gasteiger partial charge >= 0.3 is 0 Å². The highest BCUT2D eigenvalue weighted by molar-refractivity contribution is 6.08. The van der Waals surface area contributed by atoms with E-state index in [4.69, 9.17) is 4.74 Å². The Morgan fingerprint density at radius 3 is 2.42 bits per heavy atom. The first-order valence-corrected chi connectivity index (χ1v) is 7.69. The number of rotatable bonds is 5. The zero-order valence-electron chi connectivity index (χ0n) is 13.6.